The number of rotatable bonds is 3. The van der Waals surface area contributed by atoms with Crippen LogP contribution in [0.25, 0.3) is 0 Å². The van der Waals surface area contributed by atoms with Crippen LogP contribution >= 0.6 is 0 Å². The molecule has 0 aromatic heterocycles. The van der Waals surface area contributed by atoms with Crippen LogP contribution in [0.3, 0.4) is 0 Å². The van der Waals surface area contributed by atoms with Crippen LogP contribution in [-0.2, 0) is 0 Å². The molecule has 0 saturated carbocycles. The predicted octanol–water partition coefficient (Wildman–Crippen LogP) is 1.76. The average Bonchev–Trinajstić information content (AvgIpc) is 2.07. The lowest BCUT2D eigenvalue weighted by atomic mass is 10.3. The molecule has 1 aromatic carbocycles. The largest absolute Gasteiger partial charge is 0.392 e. The third-order valence-corrected chi connectivity index (χ3v) is 1.52. The standard InChI is InChI=1S/C9H11F2NO/c1-6(13)5-12-7-2-3-8(10)9(11)4-7/h2-4,6,12-13H,5H2,1H3. The zero-order chi connectivity index (χ0) is 9.84. The van der Waals surface area contributed by atoms with Crippen molar-refractivity contribution in [2.45, 2.75) is 13.0 Å². The first-order chi connectivity index (χ1) is 6.09. The highest BCUT2D eigenvalue weighted by molar-refractivity contribution is 5.43. The summed E-state index contributed by atoms with van der Waals surface area (Å²) in [4.78, 5) is 0. The van der Waals surface area contributed by atoms with Crippen molar-refractivity contribution in [2.75, 3.05) is 11.9 Å². The van der Waals surface area contributed by atoms with Gasteiger partial charge in [-0.2, -0.15) is 0 Å². The summed E-state index contributed by atoms with van der Waals surface area (Å²) in [6, 6.07) is 3.51. The Morgan fingerprint density at radius 3 is 2.62 bits per heavy atom. The smallest absolute Gasteiger partial charge is 0.160 e. The summed E-state index contributed by atoms with van der Waals surface area (Å²) in [6.07, 6.45) is -0.520. The van der Waals surface area contributed by atoms with Gasteiger partial charge in [0.2, 0.25) is 0 Å². The molecule has 4 heteroatoms. The lowest BCUT2D eigenvalue weighted by molar-refractivity contribution is 0.208. The molecule has 0 fully saturated rings. The minimum atomic E-state index is -0.893. The van der Waals surface area contributed by atoms with E-state index in [1.165, 1.54) is 6.07 Å². The number of nitrogens with one attached hydrogen (secondary N) is 1. The molecule has 0 aliphatic heterocycles. The molecular formula is C9H11F2NO. The molecule has 2 nitrogen and oxygen atoms in total. The first kappa shape index (κ1) is 9.92. The molecule has 0 aliphatic carbocycles. The zero-order valence-electron chi connectivity index (χ0n) is 7.22. The number of benzene rings is 1. The molecule has 0 bridgehead atoms. The molecule has 1 rings (SSSR count). The van der Waals surface area contributed by atoms with Gasteiger partial charge in [0.15, 0.2) is 11.6 Å². The van der Waals surface area contributed by atoms with Crippen molar-refractivity contribution in [1.82, 2.24) is 0 Å². The Balaban J connectivity index is 2.63. The fraction of sp³-hybridized carbons (Fsp3) is 0.333. The van der Waals surface area contributed by atoms with Gasteiger partial charge < -0.3 is 10.4 Å². The van der Waals surface area contributed by atoms with Crippen molar-refractivity contribution in [3.63, 3.8) is 0 Å². The topological polar surface area (TPSA) is 32.3 Å². The minimum absolute atomic E-state index is 0.311. The maximum atomic E-state index is 12.6. The molecule has 1 atom stereocenters. The third kappa shape index (κ3) is 2.99. The van der Waals surface area contributed by atoms with E-state index in [1.807, 2.05) is 0 Å². The molecule has 72 valence electrons. The second-order valence-corrected chi connectivity index (χ2v) is 2.86. The normalized spacial score (nSPS) is 12.6. The van der Waals surface area contributed by atoms with Crippen molar-refractivity contribution in [1.29, 1.82) is 0 Å². The molecule has 0 heterocycles. The van der Waals surface area contributed by atoms with Gasteiger partial charge in [0.1, 0.15) is 0 Å². The van der Waals surface area contributed by atoms with Gasteiger partial charge >= 0.3 is 0 Å². The minimum Gasteiger partial charge on any atom is -0.392 e. The highest BCUT2D eigenvalue weighted by Crippen LogP contribution is 2.12. The van der Waals surface area contributed by atoms with Crippen molar-refractivity contribution in [3.8, 4) is 0 Å². The fourth-order valence-corrected chi connectivity index (χ4v) is 0.872. The molecule has 0 amide bonds. The van der Waals surface area contributed by atoms with Gasteiger partial charge in [0, 0.05) is 18.3 Å². The molecule has 0 radical (unpaired) electrons. The number of aliphatic hydroxyl groups excluding tert-OH is 1. The molecular weight excluding hydrogens is 176 g/mol. The van der Waals surface area contributed by atoms with E-state index in [-0.39, 0.29) is 0 Å². The summed E-state index contributed by atoms with van der Waals surface area (Å²) in [5.41, 5.74) is 0.458. The SMILES string of the molecule is CC(O)CNc1ccc(F)c(F)c1. The number of hydrogen-bond donors (Lipinski definition) is 2. The first-order valence-corrected chi connectivity index (χ1v) is 3.96. The zero-order valence-corrected chi connectivity index (χ0v) is 7.22. The molecule has 1 unspecified atom stereocenters. The van der Waals surface area contributed by atoms with Crippen molar-refractivity contribution in [2.24, 2.45) is 0 Å². The third-order valence-electron chi connectivity index (χ3n) is 1.52. The van der Waals surface area contributed by atoms with E-state index in [2.05, 4.69) is 5.32 Å². The van der Waals surface area contributed by atoms with E-state index in [1.54, 1.807) is 6.92 Å². The number of hydrogen-bond acceptors (Lipinski definition) is 2. The van der Waals surface area contributed by atoms with Crippen molar-refractivity contribution >= 4 is 5.69 Å². The quantitative estimate of drug-likeness (QED) is 0.755. The number of anilines is 1. The summed E-state index contributed by atoms with van der Waals surface area (Å²) in [5.74, 6) is -1.77. The summed E-state index contributed by atoms with van der Waals surface area (Å²) in [6.45, 7) is 1.91. The highest BCUT2D eigenvalue weighted by atomic mass is 19.2. The lowest BCUT2D eigenvalue weighted by Gasteiger charge is -2.08. The van der Waals surface area contributed by atoms with Gasteiger partial charge in [-0.25, -0.2) is 8.78 Å². The van der Waals surface area contributed by atoms with Crippen LogP contribution in [0.4, 0.5) is 14.5 Å². The molecule has 0 aliphatic rings. The van der Waals surface area contributed by atoms with Gasteiger partial charge in [-0.05, 0) is 19.1 Å². The molecule has 1 aromatic rings. The van der Waals surface area contributed by atoms with Crippen molar-refractivity contribution in [3.05, 3.63) is 29.8 Å². The van der Waals surface area contributed by atoms with Gasteiger partial charge in [0.05, 0.1) is 6.10 Å². The van der Waals surface area contributed by atoms with E-state index in [0.29, 0.717) is 12.2 Å². The first-order valence-electron chi connectivity index (χ1n) is 3.96. The number of aliphatic hydroxyl groups is 1. The van der Waals surface area contributed by atoms with Gasteiger partial charge in [-0.15, -0.1) is 0 Å². The summed E-state index contributed by atoms with van der Waals surface area (Å²) >= 11 is 0. The maximum Gasteiger partial charge on any atom is 0.160 e. The Morgan fingerprint density at radius 2 is 2.08 bits per heavy atom. The average molecular weight is 187 g/mol. The van der Waals surface area contributed by atoms with Crippen LogP contribution in [0.2, 0.25) is 0 Å². The van der Waals surface area contributed by atoms with Crippen LogP contribution in [0.5, 0.6) is 0 Å². The second-order valence-electron chi connectivity index (χ2n) is 2.86. The monoisotopic (exact) mass is 187 g/mol. The van der Waals surface area contributed by atoms with E-state index in [0.717, 1.165) is 12.1 Å². The molecule has 13 heavy (non-hydrogen) atoms. The molecule has 0 spiro atoms. The van der Waals surface area contributed by atoms with Crippen LogP contribution in [-0.4, -0.2) is 17.8 Å². The Morgan fingerprint density at radius 1 is 1.38 bits per heavy atom. The second kappa shape index (κ2) is 4.18. The van der Waals surface area contributed by atoms with Crippen molar-refractivity contribution < 1.29 is 13.9 Å². The van der Waals surface area contributed by atoms with E-state index < -0.39 is 17.7 Å². The Labute approximate surface area is 75.2 Å². The van der Waals surface area contributed by atoms with Gasteiger partial charge in [-0.1, -0.05) is 0 Å². The van der Waals surface area contributed by atoms with Crippen LogP contribution < -0.4 is 5.32 Å². The van der Waals surface area contributed by atoms with Gasteiger partial charge in [-0.3, -0.25) is 0 Å². The summed E-state index contributed by atoms with van der Waals surface area (Å²) < 4.78 is 25.1. The summed E-state index contributed by atoms with van der Waals surface area (Å²) in [5, 5.41) is 11.7. The van der Waals surface area contributed by atoms with Crippen LogP contribution in [0.15, 0.2) is 18.2 Å². The Hall–Kier alpha value is -1.16. The van der Waals surface area contributed by atoms with E-state index in [9.17, 15) is 8.78 Å². The van der Waals surface area contributed by atoms with Crippen LogP contribution in [0.1, 0.15) is 6.92 Å². The highest BCUT2D eigenvalue weighted by Gasteiger charge is 2.02. The lowest BCUT2D eigenvalue weighted by Crippen LogP contribution is -2.15. The van der Waals surface area contributed by atoms with E-state index in [4.69, 9.17) is 5.11 Å². The molecule has 2 N–H and O–H groups in total. The maximum absolute atomic E-state index is 12.6. The van der Waals surface area contributed by atoms with Gasteiger partial charge in [0.25, 0.3) is 0 Å². The van der Waals surface area contributed by atoms with E-state index >= 15 is 0 Å². The Kier molecular flexibility index (Phi) is 3.19. The molecule has 0 saturated heterocycles. The Bertz CT molecular complexity index is 289. The predicted molar refractivity (Wildman–Crippen MR) is 46.5 cm³/mol. The fourth-order valence-electron chi connectivity index (χ4n) is 0.872. The number of halogens is 2. The summed E-state index contributed by atoms with van der Waals surface area (Å²) in [7, 11) is 0. The van der Waals surface area contributed by atoms with Crippen LogP contribution in [0, 0.1) is 11.6 Å².